The van der Waals surface area contributed by atoms with Crippen molar-refractivity contribution in [2.45, 2.75) is 51.5 Å². The van der Waals surface area contributed by atoms with Gasteiger partial charge in [-0.3, -0.25) is 4.79 Å². The first-order chi connectivity index (χ1) is 11.4. The second kappa shape index (κ2) is 6.77. The monoisotopic (exact) mass is 366 g/mol. The quantitative estimate of drug-likeness (QED) is 0.821. The van der Waals surface area contributed by atoms with Gasteiger partial charge in [0, 0.05) is 24.1 Å². The zero-order valence-corrected chi connectivity index (χ0v) is 15.2. The third-order valence-electron chi connectivity index (χ3n) is 4.49. The summed E-state index contributed by atoms with van der Waals surface area (Å²) in [4.78, 5) is 16.0. The Labute approximate surface area is 151 Å². The topological polar surface area (TPSA) is 55.1 Å². The summed E-state index contributed by atoms with van der Waals surface area (Å²) in [5, 5.41) is 10.3. The van der Waals surface area contributed by atoms with Gasteiger partial charge in [-0.15, -0.1) is 0 Å². The summed E-state index contributed by atoms with van der Waals surface area (Å²) in [6.45, 7) is 4.84. The van der Waals surface area contributed by atoms with E-state index in [0.29, 0.717) is 16.6 Å². The van der Waals surface area contributed by atoms with Crippen LogP contribution in [0.4, 0.5) is 0 Å². The van der Waals surface area contributed by atoms with Crippen molar-refractivity contribution in [3.05, 3.63) is 51.0 Å². The highest BCUT2D eigenvalue weighted by Crippen LogP contribution is 2.38. The van der Waals surface area contributed by atoms with Crippen LogP contribution >= 0.6 is 23.2 Å². The molecule has 24 heavy (non-hydrogen) atoms. The maximum atomic E-state index is 11.2. The molecule has 2 aromatic rings. The van der Waals surface area contributed by atoms with Gasteiger partial charge in [0.1, 0.15) is 5.82 Å². The van der Waals surface area contributed by atoms with E-state index >= 15 is 0 Å². The summed E-state index contributed by atoms with van der Waals surface area (Å²) < 4.78 is 2.18. The number of nitrogens with zero attached hydrogens (tertiary/aromatic N) is 2. The lowest BCUT2D eigenvalue weighted by molar-refractivity contribution is -0.137. The number of aromatic nitrogens is 2. The number of carboxylic acids is 1. The molecule has 1 aromatic heterocycles. The third-order valence-corrected chi connectivity index (χ3v) is 5.23. The molecule has 1 unspecified atom stereocenters. The van der Waals surface area contributed by atoms with E-state index in [9.17, 15) is 9.90 Å². The van der Waals surface area contributed by atoms with Crippen molar-refractivity contribution in [3.63, 3.8) is 0 Å². The molecule has 4 nitrogen and oxygen atoms in total. The van der Waals surface area contributed by atoms with Gasteiger partial charge in [0.15, 0.2) is 0 Å². The Hall–Kier alpha value is -1.52. The molecule has 1 aromatic carbocycles. The molecular weight excluding hydrogens is 347 g/mol. The first kappa shape index (κ1) is 17.3. The second-order valence-corrected chi connectivity index (χ2v) is 7.44. The molecule has 1 atom stereocenters. The van der Waals surface area contributed by atoms with Crippen LogP contribution in [0.25, 0.3) is 0 Å². The average Bonchev–Trinajstić information content (AvgIpc) is 3.04. The van der Waals surface area contributed by atoms with Crippen molar-refractivity contribution in [2.24, 2.45) is 0 Å². The van der Waals surface area contributed by atoms with Gasteiger partial charge in [-0.2, -0.15) is 0 Å². The molecule has 0 saturated carbocycles. The van der Waals surface area contributed by atoms with Crippen LogP contribution in [0, 0.1) is 0 Å². The minimum Gasteiger partial charge on any atom is -0.481 e. The number of aryl methyl sites for hydroxylation is 1. The summed E-state index contributed by atoms with van der Waals surface area (Å²) in [6.07, 6.45) is 1.85. The molecule has 0 spiro atoms. The smallest absolute Gasteiger partial charge is 0.304 e. The molecule has 1 heterocycles. The van der Waals surface area contributed by atoms with Gasteiger partial charge < -0.3 is 9.67 Å². The van der Waals surface area contributed by atoms with Crippen molar-refractivity contribution in [1.82, 2.24) is 9.55 Å². The predicted molar refractivity (Wildman–Crippen MR) is 95.2 cm³/mol. The molecule has 1 N–H and O–H groups in total. The van der Waals surface area contributed by atoms with Gasteiger partial charge in [0.05, 0.1) is 22.2 Å². The fourth-order valence-corrected chi connectivity index (χ4v) is 3.78. The Morgan fingerprint density at radius 3 is 2.75 bits per heavy atom. The van der Waals surface area contributed by atoms with Crippen LogP contribution in [0.5, 0.6) is 0 Å². The summed E-state index contributed by atoms with van der Waals surface area (Å²) >= 11 is 12.1. The highest BCUT2D eigenvalue weighted by Gasteiger charge is 2.32. The van der Waals surface area contributed by atoms with Crippen LogP contribution in [-0.2, 0) is 17.8 Å². The van der Waals surface area contributed by atoms with Crippen molar-refractivity contribution >= 4 is 29.2 Å². The normalized spacial score (nSPS) is 16.6. The van der Waals surface area contributed by atoms with Crippen LogP contribution in [0.15, 0.2) is 18.2 Å². The largest absolute Gasteiger partial charge is 0.481 e. The molecule has 0 bridgehead atoms. The number of hydrogen-bond acceptors (Lipinski definition) is 2. The summed E-state index contributed by atoms with van der Waals surface area (Å²) in [5.74, 6) is 0.534. The number of benzene rings is 1. The molecule has 1 aliphatic rings. The number of carbonyl (C=O) groups is 1. The molecule has 6 heteroatoms. The van der Waals surface area contributed by atoms with E-state index in [1.54, 1.807) is 6.07 Å². The number of carboxylic acid groups (broad SMARTS) is 1. The van der Waals surface area contributed by atoms with E-state index in [0.717, 1.165) is 35.6 Å². The van der Waals surface area contributed by atoms with E-state index in [1.165, 1.54) is 0 Å². The first-order valence-electron chi connectivity index (χ1n) is 8.11. The van der Waals surface area contributed by atoms with Crippen LogP contribution in [0.1, 0.15) is 61.3 Å². The first-order valence-corrected chi connectivity index (χ1v) is 8.87. The maximum absolute atomic E-state index is 11.2. The van der Waals surface area contributed by atoms with Crippen LogP contribution in [0.2, 0.25) is 10.0 Å². The SMILES string of the molecule is CC(C)c1nc2c(n1Cc1ccc(Cl)c(Cl)c1)C(CC(=O)O)CC2. The molecule has 0 saturated heterocycles. The summed E-state index contributed by atoms with van der Waals surface area (Å²) in [5.41, 5.74) is 3.16. The van der Waals surface area contributed by atoms with Crippen molar-refractivity contribution in [1.29, 1.82) is 0 Å². The van der Waals surface area contributed by atoms with Crippen molar-refractivity contribution in [3.8, 4) is 0 Å². The lowest BCUT2D eigenvalue weighted by Crippen LogP contribution is -2.14. The molecule has 0 amide bonds. The molecule has 0 radical (unpaired) electrons. The van der Waals surface area contributed by atoms with Crippen LogP contribution in [-0.4, -0.2) is 20.6 Å². The predicted octanol–water partition coefficient (Wildman–Crippen LogP) is 4.87. The Morgan fingerprint density at radius 1 is 1.38 bits per heavy atom. The zero-order chi connectivity index (χ0) is 17.4. The number of imidazole rings is 1. The third kappa shape index (κ3) is 3.31. The Morgan fingerprint density at radius 2 is 2.12 bits per heavy atom. The van der Waals surface area contributed by atoms with Crippen molar-refractivity contribution in [2.75, 3.05) is 0 Å². The fraction of sp³-hybridized carbons (Fsp3) is 0.444. The average molecular weight is 367 g/mol. The lowest BCUT2D eigenvalue weighted by atomic mass is 10.0. The second-order valence-electron chi connectivity index (χ2n) is 6.62. The number of fused-ring (bicyclic) bond motifs is 1. The molecule has 3 rings (SSSR count). The van der Waals surface area contributed by atoms with Gasteiger partial charge in [0.2, 0.25) is 0 Å². The highest BCUT2D eigenvalue weighted by molar-refractivity contribution is 6.42. The van der Waals surface area contributed by atoms with E-state index < -0.39 is 5.97 Å². The van der Waals surface area contributed by atoms with E-state index in [4.69, 9.17) is 28.2 Å². The Balaban J connectivity index is 2.02. The number of hydrogen-bond donors (Lipinski definition) is 1. The van der Waals surface area contributed by atoms with E-state index in [-0.39, 0.29) is 18.3 Å². The van der Waals surface area contributed by atoms with Crippen LogP contribution < -0.4 is 0 Å². The Kier molecular flexibility index (Phi) is 4.88. The molecule has 0 aliphatic heterocycles. The highest BCUT2D eigenvalue weighted by atomic mass is 35.5. The minimum absolute atomic E-state index is 0.0280. The van der Waals surface area contributed by atoms with Crippen LogP contribution in [0.3, 0.4) is 0 Å². The minimum atomic E-state index is -0.763. The molecule has 0 fully saturated rings. The lowest BCUT2D eigenvalue weighted by Gasteiger charge is -2.17. The molecule has 1 aliphatic carbocycles. The molecule has 128 valence electrons. The summed E-state index contributed by atoms with van der Waals surface area (Å²) in [6, 6.07) is 5.60. The molecular formula is C18H20Cl2N2O2. The van der Waals surface area contributed by atoms with Gasteiger partial charge in [-0.05, 0) is 30.5 Å². The zero-order valence-electron chi connectivity index (χ0n) is 13.7. The number of halogens is 2. The Bertz CT molecular complexity index is 784. The van der Waals surface area contributed by atoms with Gasteiger partial charge in [0.25, 0.3) is 0 Å². The number of aliphatic carboxylic acids is 1. The van der Waals surface area contributed by atoms with Gasteiger partial charge in [-0.25, -0.2) is 4.98 Å². The van der Waals surface area contributed by atoms with Gasteiger partial charge >= 0.3 is 5.97 Å². The fourth-order valence-electron chi connectivity index (χ4n) is 3.46. The maximum Gasteiger partial charge on any atom is 0.304 e. The van der Waals surface area contributed by atoms with Gasteiger partial charge in [-0.1, -0.05) is 43.1 Å². The number of rotatable bonds is 5. The standard InChI is InChI=1S/C18H20Cl2N2O2/c1-10(2)18-21-15-6-4-12(8-16(23)24)17(15)22(18)9-11-3-5-13(19)14(20)7-11/h3,5,7,10,12H,4,6,8-9H2,1-2H3,(H,23,24). The summed E-state index contributed by atoms with van der Waals surface area (Å²) in [7, 11) is 0. The van der Waals surface area contributed by atoms with Crippen molar-refractivity contribution < 1.29 is 9.90 Å². The van der Waals surface area contributed by atoms with E-state index in [2.05, 4.69) is 18.4 Å². The van der Waals surface area contributed by atoms with E-state index in [1.807, 2.05) is 12.1 Å².